The molecule has 134 valence electrons. The van der Waals surface area contributed by atoms with E-state index < -0.39 is 0 Å². The molecule has 5 nitrogen and oxygen atoms in total. The first-order valence-corrected chi connectivity index (χ1v) is 9.36. The number of rotatable bonds is 6. The summed E-state index contributed by atoms with van der Waals surface area (Å²) in [7, 11) is 0. The van der Waals surface area contributed by atoms with Crippen LogP contribution in [0.1, 0.15) is 44.1 Å². The Morgan fingerprint density at radius 1 is 1.00 bits per heavy atom. The molecule has 4 aliphatic rings. The first-order valence-electron chi connectivity index (χ1n) is 9.36. The number of carbonyl (C=O) groups excluding carboxylic acids is 2. The van der Waals surface area contributed by atoms with E-state index in [1.165, 1.54) is 19.3 Å². The van der Waals surface area contributed by atoms with E-state index in [2.05, 4.69) is 10.8 Å². The Bertz CT molecular complexity index is 608. The largest absolute Gasteiger partial charge is 0.346 e. The van der Waals surface area contributed by atoms with Crippen molar-refractivity contribution in [2.75, 3.05) is 6.54 Å². The molecule has 1 aromatic rings. The third kappa shape index (κ3) is 3.56. The van der Waals surface area contributed by atoms with Gasteiger partial charge in [0.25, 0.3) is 5.91 Å². The molecule has 0 aromatic heterocycles. The number of nitrogens with one attached hydrogen (secondary N) is 2. The van der Waals surface area contributed by atoms with Gasteiger partial charge in [0.2, 0.25) is 5.91 Å². The summed E-state index contributed by atoms with van der Waals surface area (Å²) in [6, 6.07) is 9.64. The maximum absolute atomic E-state index is 12.8. The van der Waals surface area contributed by atoms with Gasteiger partial charge in [0.1, 0.15) is 0 Å². The van der Waals surface area contributed by atoms with Gasteiger partial charge in [-0.2, -0.15) is 0 Å². The highest BCUT2D eigenvalue weighted by molar-refractivity contribution is 5.87. The average Bonchev–Trinajstić information content (AvgIpc) is 2.59. The van der Waals surface area contributed by atoms with Crippen molar-refractivity contribution >= 4 is 11.8 Å². The lowest BCUT2D eigenvalue weighted by atomic mass is 9.49. The number of hydrogen-bond donors (Lipinski definition) is 2. The van der Waals surface area contributed by atoms with Crippen molar-refractivity contribution in [2.24, 2.45) is 23.2 Å². The zero-order valence-electron chi connectivity index (χ0n) is 14.5. The molecule has 4 bridgehead atoms. The molecule has 5 rings (SSSR count). The third-order valence-electron chi connectivity index (χ3n) is 6.20. The number of benzene rings is 1. The average molecular weight is 342 g/mol. The van der Waals surface area contributed by atoms with Crippen LogP contribution in [0.5, 0.6) is 0 Å². The molecular weight excluding hydrogens is 316 g/mol. The first-order chi connectivity index (χ1) is 12.1. The standard InChI is InChI=1S/C20H26N2O3/c23-18(22-25-13-14-4-2-1-3-5-14)12-21-19(24)20-9-15-6-16(10-20)8-17(7-15)11-20/h1-5,15-17H,6-13H2,(H,21,24)(H,22,23). The lowest BCUT2D eigenvalue weighted by Gasteiger charge is -2.55. The summed E-state index contributed by atoms with van der Waals surface area (Å²) in [5, 5.41) is 2.86. The highest BCUT2D eigenvalue weighted by Crippen LogP contribution is 2.60. The van der Waals surface area contributed by atoms with Gasteiger partial charge in [-0.3, -0.25) is 14.4 Å². The van der Waals surface area contributed by atoms with E-state index in [-0.39, 0.29) is 23.8 Å². The third-order valence-corrected chi connectivity index (χ3v) is 6.20. The summed E-state index contributed by atoms with van der Waals surface area (Å²) in [5.74, 6) is 1.93. The minimum atomic E-state index is -0.311. The van der Waals surface area contributed by atoms with Crippen LogP contribution >= 0.6 is 0 Å². The highest BCUT2D eigenvalue weighted by Gasteiger charge is 2.54. The van der Waals surface area contributed by atoms with Gasteiger partial charge in [-0.05, 0) is 61.8 Å². The van der Waals surface area contributed by atoms with Crippen molar-refractivity contribution in [3.8, 4) is 0 Å². The Labute approximate surface area is 148 Å². The van der Waals surface area contributed by atoms with Crippen molar-refractivity contribution in [1.82, 2.24) is 10.8 Å². The Morgan fingerprint density at radius 3 is 2.20 bits per heavy atom. The van der Waals surface area contributed by atoms with Crippen molar-refractivity contribution in [3.05, 3.63) is 35.9 Å². The van der Waals surface area contributed by atoms with Crippen LogP contribution in [0.25, 0.3) is 0 Å². The second kappa shape index (κ2) is 6.79. The van der Waals surface area contributed by atoms with Gasteiger partial charge in [0.15, 0.2) is 0 Å². The monoisotopic (exact) mass is 342 g/mol. The van der Waals surface area contributed by atoms with Crippen molar-refractivity contribution in [3.63, 3.8) is 0 Å². The first kappa shape index (κ1) is 16.6. The molecule has 0 radical (unpaired) electrons. The number of amides is 2. The minimum absolute atomic E-state index is 0.0185. The van der Waals surface area contributed by atoms with Gasteiger partial charge >= 0.3 is 0 Å². The summed E-state index contributed by atoms with van der Waals surface area (Å²) in [6.45, 7) is 0.297. The van der Waals surface area contributed by atoms with Gasteiger partial charge in [-0.15, -0.1) is 0 Å². The van der Waals surface area contributed by atoms with E-state index in [0.717, 1.165) is 42.6 Å². The summed E-state index contributed by atoms with van der Waals surface area (Å²) >= 11 is 0. The van der Waals surface area contributed by atoms with Crippen LogP contribution in [0.2, 0.25) is 0 Å². The predicted molar refractivity (Wildman–Crippen MR) is 93.0 cm³/mol. The smallest absolute Gasteiger partial charge is 0.262 e. The lowest BCUT2D eigenvalue weighted by Crippen LogP contribution is -2.54. The van der Waals surface area contributed by atoms with E-state index in [1.54, 1.807) is 0 Å². The van der Waals surface area contributed by atoms with E-state index in [0.29, 0.717) is 6.61 Å². The Hall–Kier alpha value is -1.88. The number of hydrogen-bond acceptors (Lipinski definition) is 3. The number of hydroxylamine groups is 1. The molecule has 0 unspecified atom stereocenters. The maximum atomic E-state index is 12.8. The van der Waals surface area contributed by atoms with E-state index in [1.807, 2.05) is 30.3 Å². The van der Waals surface area contributed by atoms with Crippen molar-refractivity contribution in [1.29, 1.82) is 0 Å². The molecule has 4 aliphatic carbocycles. The summed E-state index contributed by atoms with van der Waals surface area (Å²) in [5.41, 5.74) is 3.18. The summed E-state index contributed by atoms with van der Waals surface area (Å²) in [4.78, 5) is 29.9. The molecule has 5 heteroatoms. The van der Waals surface area contributed by atoms with Gasteiger partial charge in [0.05, 0.1) is 13.2 Å². The van der Waals surface area contributed by atoms with Crippen LogP contribution in [0.15, 0.2) is 30.3 Å². The van der Waals surface area contributed by atoms with Gasteiger partial charge < -0.3 is 5.32 Å². The molecule has 0 saturated heterocycles. The highest BCUT2D eigenvalue weighted by atomic mass is 16.6. The van der Waals surface area contributed by atoms with Crippen molar-refractivity contribution in [2.45, 2.75) is 45.1 Å². The molecule has 2 amide bonds. The van der Waals surface area contributed by atoms with E-state index in [9.17, 15) is 9.59 Å². The predicted octanol–water partition coefficient (Wildman–Crippen LogP) is 2.57. The maximum Gasteiger partial charge on any atom is 0.262 e. The minimum Gasteiger partial charge on any atom is -0.346 e. The van der Waals surface area contributed by atoms with Gasteiger partial charge in [-0.25, -0.2) is 5.48 Å². The summed E-state index contributed by atoms with van der Waals surface area (Å²) < 4.78 is 0. The van der Waals surface area contributed by atoms with Crippen molar-refractivity contribution < 1.29 is 14.4 Å². The summed E-state index contributed by atoms with van der Waals surface area (Å²) in [6.07, 6.45) is 6.95. The molecule has 1 aromatic carbocycles. The zero-order valence-corrected chi connectivity index (χ0v) is 14.5. The van der Waals surface area contributed by atoms with Gasteiger partial charge in [-0.1, -0.05) is 30.3 Å². The molecule has 4 saturated carbocycles. The second-order valence-electron chi connectivity index (χ2n) is 8.18. The fourth-order valence-electron chi connectivity index (χ4n) is 5.55. The fraction of sp³-hybridized carbons (Fsp3) is 0.600. The topological polar surface area (TPSA) is 67.4 Å². The molecule has 0 atom stereocenters. The second-order valence-corrected chi connectivity index (χ2v) is 8.18. The Morgan fingerprint density at radius 2 is 1.60 bits per heavy atom. The number of carbonyl (C=O) groups is 2. The van der Waals surface area contributed by atoms with Crippen LogP contribution in [-0.4, -0.2) is 18.4 Å². The molecule has 4 fully saturated rings. The lowest BCUT2D eigenvalue weighted by molar-refractivity contribution is -0.148. The molecule has 25 heavy (non-hydrogen) atoms. The SMILES string of the molecule is O=C(CNC(=O)C12CC3CC(CC(C3)C1)C2)NOCc1ccccc1. The van der Waals surface area contributed by atoms with E-state index in [4.69, 9.17) is 4.84 Å². The molecule has 0 aliphatic heterocycles. The quantitative estimate of drug-likeness (QED) is 0.781. The molecular formula is C20H26N2O3. The van der Waals surface area contributed by atoms with Crippen LogP contribution in [-0.2, 0) is 21.0 Å². The Balaban J connectivity index is 1.23. The molecule has 0 heterocycles. The van der Waals surface area contributed by atoms with Crippen LogP contribution in [0.4, 0.5) is 0 Å². The molecule has 2 N–H and O–H groups in total. The van der Waals surface area contributed by atoms with Crippen LogP contribution < -0.4 is 10.8 Å². The van der Waals surface area contributed by atoms with E-state index >= 15 is 0 Å². The Kier molecular flexibility index (Phi) is 4.50. The van der Waals surface area contributed by atoms with Gasteiger partial charge in [0, 0.05) is 5.41 Å². The normalized spacial score (nSPS) is 32.4. The zero-order chi connectivity index (χ0) is 17.3. The molecule has 0 spiro atoms. The van der Waals surface area contributed by atoms with Crippen LogP contribution in [0.3, 0.4) is 0 Å². The van der Waals surface area contributed by atoms with Crippen LogP contribution in [0, 0.1) is 23.2 Å². The fourth-order valence-corrected chi connectivity index (χ4v) is 5.55.